The lowest BCUT2D eigenvalue weighted by Gasteiger charge is -2.37. The van der Waals surface area contributed by atoms with Gasteiger partial charge in [-0.1, -0.05) is 90.4 Å². The number of hydrogen-bond acceptors (Lipinski definition) is 3. The fourth-order valence-electron chi connectivity index (χ4n) is 3.63. The van der Waals surface area contributed by atoms with Gasteiger partial charge in [0.15, 0.2) is 5.60 Å². The molecule has 130 valence electrons. The average Bonchev–Trinajstić information content (AvgIpc) is 2.97. The van der Waals surface area contributed by atoms with E-state index in [-0.39, 0.29) is 17.2 Å². The summed E-state index contributed by atoms with van der Waals surface area (Å²) in [6.07, 6.45) is -0.601. The van der Waals surface area contributed by atoms with E-state index >= 15 is 0 Å². The third-order valence-corrected chi connectivity index (χ3v) is 5.04. The summed E-state index contributed by atoms with van der Waals surface area (Å²) in [5.41, 5.74) is 0.697. The lowest BCUT2D eigenvalue weighted by atomic mass is 9.76. The zero-order valence-corrected chi connectivity index (χ0v) is 15.8. The van der Waals surface area contributed by atoms with E-state index in [1.54, 1.807) is 0 Å². The first-order valence-electron chi connectivity index (χ1n) is 8.24. The van der Waals surface area contributed by atoms with Gasteiger partial charge in [0.05, 0.1) is 11.4 Å². The number of halogens is 1. The van der Waals surface area contributed by atoms with Crippen molar-refractivity contribution >= 4 is 27.9 Å². The number of carbonyl (C=O) groups is 2. The van der Waals surface area contributed by atoms with E-state index < -0.39 is 17.7 Å². The van der Waals surface area contributed by atoms with Crippen molar-refractivity contribution < 1.29 is 14.3 Å². The summed E-state index contributed by atoms with van der Waals surface area (Å²) < 4.78 is 5.98. The molecular formula is C20H20BrNO3. The lowest BCUT2D eigenvalue weighted by Crippen LogP contribution is -2.50. The van der Waals surface area contributed by atoms with E-state index in [2.05, 4.69) is 15.9 Å². The standard InChI is InChI=1S/C20H20BrNO3/c1-14(2)18-20(15-9-5-3-6-10-15,16-11-7-4-8-12-16)25-19(24)22(18)17(23)13-21/h3-12,14,18H,13H2,1-2H3/t18-/m0/s1. The van der Waals surface area contributed by atoms with E-state index in [1.165, 1.54) is 4.90 Å². The predicted octanol–water partition coefficient (Wildman–Crippen LogP) is 4.33. The van der Waals surface area contributed by atoms with E-state index in [0.29, 0.717) is 0 Å². The Morgan fingerprint density at radius 2 is 1.56 bits per heavy atom. The smallest absolute Gasteiger partial charge is 0.418 e. The second kappa shape index (κ2) is 7.00. The molecule has 3 rings (SSSR count). The summed E-state index contributed by atoms with van der Waals surface area (Å²) in [5.74, 6) is -0.285. The van der Waals surface area contributed by atoms with Crippen LogP contribution < -0.4 is 0 Å². The molecular weight excluding hydrogens is 382 g/mol. The Bertz CT molecular complexity index is 722. The maximum atomic E-state index is 12.7. The maximum absolute atomic E-state index is 12.7. The van der Waals surface area contributed by atoms with Gasteiger partial charge < -0.3 is 4.74 Å². The Morgan fingerprint density at radius 1 is 1.08 bits per heavy atom. The quantitative estimate of drug-likeness (QED) is 0.716. The number of ether oxygens (including phenoxy) is 1. The van der Waals surface area contributed by atoms with Crippen molar-refractivity contribution in [2.45, 2.75) is 25.5 Å². The van der Waals surface area contributed by atoms with Gasteiger partial charge in [-0.3, -0.25) is 4.79 Å². The second-order valence-electron chi connectivity index (χ2n) is 6.42. The van der Waals surface area contributed by atoms with Crippen molar-refractivity contribution in [3.8, 4) is 0 Å². The van der Waals surface area contributed by atoms with Gasteiger partial charge in [0.25, 0.3) is 0 Å². The summed E-state index contributed by atoms with van der Waals surface area (Å²) >= 11 is 3.18. The van der Waals surface area contributed by atoms with Crippen molar-refractivity contribution in [2.24, 2.45) is 5.92 Å². The molecule has 0 saturated carbocycles. The molecule has 1 aliphatic rings. The first kappa shape index (κ1) is 17.7. The largest absolute Gasteiger partial charge is 0.430 e. The van der Waals surface area contributed by atoms with Gasteiger partial charge in [-0.25, -0.2) is 9.69 Å². The number of imide groups is 1. The Balaban J connectivity index is 2.27. The minimum atomic E-state index is -1.02. The minimum Gasteiger partial charge on any atom is -0.430 e. The number of nitrogens with zero attached hydrogens (tertiary/aromatic N) is 1. The first-order chi connectivity index (χ1) is 12.0. The van der Waals surface area contributed by atoms with Crippen LogP contribution in [-0.2, 0) is 15.1 Å². The van der Waals surface area contributed by atoms with E-state index in [9.17, 15) is 9.59 Å². The normalized spacial score (nSPS) is 19.1. The second-order valence-corrected chi connectivity index (χ2v) is 6.98. The van der Waals surface area contributed by atoms with Gasteiger partial charge in [-0.2, -0.15) is 0 Å². The van der Waals surface area contributed by atoms with Crippen molar-refractivity contribution in [1.82, 2.24) is 4.90 Å². The first-order valence-corrected chi connectivity index (χ1v) is 9.36. The van der Waals surface area contributed by atoms with Crippen molar-refractivity contribution in [3.63, 3.8) is 0 Å². The minimum absolute atomic E-state index is 0.00913. The number of carbonyl (C=O) groups excluding carboxylic acids is 2. The molecule has 1 atom stereocenters. The van der Waals surface area contributed by atoms with Gasteiger partial charge in [-0.05, 0) is 5.92 Å². The molecule has 0 bridgehead atoms. The molecule has 0 unspecified atom stereocenters. The Labute approximate surface area is 155 Å². The molecule has 25 heavy (non-hydrogen) atoms. The van der Waals surface area contributed by atoms with E-state index in [0.717, 1.165) is 11.1 Å². The van der Waals surface area contributed by atoms with Crippen LogP contribution >= 0.6 is 15.9 Å². The highest BCUT2D eigenvalue weighted by atomic mass is 79.9. The van der Waals surface area contributed by atoms with Gasteiger partial charge in [-0.15, -0.1) is 0 Å². The third kappa shape index (κ3) is 2.86. The number of benzene rings is 2. The number of amides is 2. The highest BCUT2D eigenvalue weighted by Crippen LogP contribution is 2.47. The number of alkyl halides is 1. The van der Waals surface area contributed by atoms with Gasteiger partial charge >= 0.3 is 6.09 Å². The summed E-state index contributed by atoms with van der Waals surface area (Å²) in [6, 6.07) is 18.8. The number of cyclic esters (lactones) is 1. The Hall–Kier alpha value is -2.14. The molecule has 0 aromatic heterocycles. The third-order valence-electron chi connectivity index (χ3n) is 4.56. The monoisotopic (exact) mass is 401 g/mol. The number of rotatable bonds is 4. The molecule has 1 heterocycles. The highest BCUT2D eigenvalue weighted by molar-refractivity contribution is 9.09. The average molecular weight is 402 g/mol. The molecule has 0 spiro atoms. The van der Waals surface area contributed by atoms with Crippen LogP contribution in [0.5, 0.6) is 0 Å². The fourth-order valence-corrected chi connectivity index (χ4v) is 3.90. The zero-order valence-electron chi connectivity index (χ0n) is 14.2. The van der Waals surface area contributed by atoms with Gasteiger partial charge in [0, 0.05) is 11.1 Å². The van der Waals surface area contributed by atoms with Crippen LogP contribution in [0.15, 0.2) is 60.7 Å². The lowest BCUT2D eigenvalue weighted by molar-refractivity contribution is -0.127. The maximum Gasteiger partial charge on any atom is 0.418 e. The van der Waals surface area contributed by atoms with Crippen LogP contribution in [0.25, 0.3) is 0 Å². The topological polar surface area (TPSA) is 46.6 Å². The Kier molecular flexibility index (Phi) is 4.95. The van der Waals surface area contributed by atoms with Crippen molar-refractivity contribution in [2.75, 3.05) is 5.33 Å². The zero-order chi connectivity index (χ0) is 18.0. The van der Waals surface area contributed by atoms with Crippen molar-refractivity contribution in [3.05, 3.63) is 71.8 Å². The molecule has 1 fully saturated rings. The van der Waals surface area contributed by atoms with Crippen molar-refractivity contribution in [1.29, 1.82) is 0 Å². The summed E-state index contributed by atoms with van der Waals surface area (Å²) in [4.78, 5) is 26.4. The van der Waals surface area contributed by atoms with Gasteiger partial charge in [0.2, 0.25) is 5.91 Å². The molecule has 2 amide bonds. The van der Waals surface area contributed by atoms with Crippen LogP contribution in [-0.4, -0.2) is 28.3 Å². The van der Waals surface area contributed by atoms with Gasteiger partial charge in [0.1, 0.15) is 0 Å². The number of hydrogen-bond donors (Lipinski definition) is 0. The molecule has 2 aromatic carbocycles. The fraction of sp³-hybridized carbons (Fsp3) is 0.300. The molecule has 1 aliphatic heterocycles. The SMILES string of the molecule is CC(C)[C@@H]1N(C(=O)CBr)C(=O)OC1(c1ccccc1)c1ccccc1. The van der Waals surface area contributed by atoms with Crippen LogP contribution in [0, 0.1) is 5.92 Å². The van der Waals surface area contributed by atoms with Crippen LogP contribution in [0.2, 0.25) is 0 Å². The summed E-state index contributed by atoms with van der Waals surface area (Å²) in [7, 11) is 0. The van der Waals surface area contributed by atoms with E-state index in [4.69, 9.17) is 4.74 Å². The molecule has 0 aliphatic carbocycles. The molecule has 2 aromatic rings. The van der Waals surface area contributed by atoms with E-state index in [1.807, 2.05) is 74.5 Å². The molecule has 0 N–H and O–H groups in total. The summed E-state index contributed by atoms with van der Waals surface area (Å²) in [6.45, 7) is 4.00. The predicted molar refractivity (Wildman–Crippen MR) is 99.4 cm³/mol. The highest BCUT2D eigenvalue weighted by Gasteiger charge is 2.59. The van der Waals surface area contributed by atoms with Crippen LogP contribution in [0.1, 0.15) is 25.0 Å². The molecule has 1 saturated heterocycles. The summed E-state index contributed by atoms with van der Waals surface area (Å²) in [5, 5.41) is 0.0744. The Morgan fingerprint density at radius 3 is 1.96 bits per heavy atom. The van der Waals surface area contributed by atoms with Crippen LogP contribution in [0.4, 0.5) is 4.79 Å². The molecule has 5 heteroatoms. The van der Waals surface area contributed by atoms with Crippen LogP contribution in [0.3, 0.4) is 0 Å². The molecule has 4 nitrogen and oxygen atoms in total. The molecule has 0 radical (unpaired) electrons.